The molecule has 84 valence electrons. The van der Waals surface area contributed by atoms with Crippen molar-refractivity contribution < 1.29 is 8.85 Å². The van der Waals surface area contributed by atoms with Crippen LogP contribution in [0.1, 0.15) is 26.2 Å². The molecule has 0 aliphatic carbocycles. The van der Waals surface area contributed by atoms with Crippen LogP contribution in [-0.2, 0) is 8.85 Å². The summed E-state index contributed by atoms with van der Waals surface area (Å²) in [5, 5.41) is 0. The van der Waals surface area contributed by atoms with Gasteiger partial charge in [0.15, 0.2) is 0 Å². The lowest BCUT2D eigenvalue weighted by Gasteiger charge is -2.22. The van der Waals surface area contributed by atoms with E-state index in [4.69, 9.17) is 8.85 Å². The Bertz CT molecular complexity index is 100. The first-order valence-electron chi connectivity index (χ1n) is 4.29. The van der Waals surface area contributed by atoms with Gasteiger partial charge < -0.3 is 21.2 Å². The van der Waals surface area contributed by atoms with Crippen molar-refractivity contribution in [3.63, 3.8) is 0 Å². The zero-order valence-electron chi connectivity index (χ0n) is 9.56. The molecular weight excluding hydrogens is 184 g/mol. The van der Waals surface area contributed by atoms with E-state index in [1.54, 1.807) is 14.2 Å². The minimum atomic E-state index is -1.73. The molecule has 6 N–H and O–H groups in total. The molecule has 0 radical (unpaired) electrons. The molecule has 5 heteroatoms. The first-order chi connectivity index (χ1) is 5.18. The van der Waals surface area contributed by atoms with Crippen molar-refractivity contribution in [2.45, 2.75) is 38.8 Å². The molecule has 0 heterocycles. The second kappa shape index (κ2) is 10.1. The van der Waals surface area contributed by atoms with E-state index in [1.807, 2.05) is 0 Å². The van der Waals surface area contributed by atoms with Crippen molar-refractivity contribution in [3.8, 4) is 0 Å². The standard InChI is InChI=1S/C8H20O2Si.2H3N/c1-5-6-7-8-11(4,9-2)10-3;;/h5-8H2,1-4H3;2*1H3. The maximum atomic E-state index is 5.35. The highest BCUT2D eigenvalue weighted by Crippen LogP contribution is 2.15. The van der Waals surface area contributed by atoms with E-state index in [-0.39, 0.29) is 12.3 Å². The molecule has 0 aliphatic heterocycles. The summed E-state index contributed by atoms with van der Waals surface area (Å²) in [6.07, 6.45) is 3.79. The van der Waals surface area contributed by atoms with Gasteiger partial charge in [0.1, 0.15) is 0 Å². The number of rotatable bonds is 6. The van der Waals surface area contributed by atoms with Crippen LogP contribution in [0.25, 0.3) is 0 Å². The van der Waals surface area contributed by atoms with E-state index >= 15 is 0 Å². The number of hydrogen-bond acceptors (Lipinski definition) is 4. The Hall–Kier alpha value is 0.0569. The molecule has 0 saturated heterocycles. The predicted octanol–water partition coefficient (Wildman–Crippen LogP) is 2.87. The second-order valence-corrected chi connectivity index (χ2v) is 6.58. The summed E-state index contributed by atoms with van der Waals surface area (Å²) in [6, 6.07) is 1.12. The highest BCUT2D eigenvalue weighted by Gasteiger charge is 2.27. The summed E-state index contributed by atoms with van der Waals surface area (Å²) in [5.41, 5.74) is 0. The van der Waals surface area contributed by atoms with Gasteiger partial charge in [0, 0.05) is 14.2 Å². The molecule has 0 unspecified atom stereocenters. The highest BCUT2D eigenvalue weighted by molar-refractivity contribution is 6.65. The van der Waals surface area contributed by atoms with Crippen LogP contribution < -0.4 is 12.3 Å². The van der Waals surface area contributed by atoms with E-state index in [0.717, 1.165) is 6.04 Å². The third kappa shape index (κ3) is 8.39. The quantitative estimate of drug-likeness (QED) is 0.521. The Kier molecular flexibility index (Phi) is 14.6. The molecule has 0 amide bonds. The zero-order chi connectivity index (χ0) is 8.74. The van der Waals surface area contributed by atoms with Gasteiger partial charge in [-0.2, -0.15) is 0 Å². The smallest absolute Gasteiger partial charge is 0.334 e. The molecule has 0 rings (SSSR count). The van der Waals surface area contributed by atoms with Crippen molar-refractivity contribution in [2.75, 3.05) is 14.2 Å². The third-order valence-corrected chi connectivity index (χ3v) is 5.09. The second-order valence-electron chi connectivity index (χ2n) is 3.00. The molecule has 0 fully saturated rings. The molecule has 0 bridgehead atoms. The van der Waals surface area contributed by atoms with Crippen LogP contribution in [0.3, 0.4) is 0 Å². The zero-order valence-corrected chi connectivity index (χ0v) is 10.6. The molecule has 4 nitrogen and oxygen atoms in total. The van der Waals surface area contributed by atoms with E-state index in [2.05, 4.69) is 13.5 Å². The van der Waals surface area contributed by atoms with Gasteiger partial charge in [-0.15, -0.1) is 0 Å². The van der Waals surface area contributed by atoms with Gasteiger partial charge >= 0.3 is 8.56 Å². The lowest BCUT2D eigenvalue weighted by atomic mass is 10.3. The van der Waals surface area contributed by atoms with Crippen molar-refractivity contribution in [2.24, 2.45) is 0 Å². The molecule has 0 aromatic rings. The minimum Gasteiger partial charge on any atom is -0.398 e. The maximum absolute atomic E-state index is 5.35. The molecule has 0 saturated carbocycles. The Morgan fingerprint density at radius 1 is 1.00 bits per heavy atom. The van der Waals surface area contributed by atoms with Crippen molar-refractivity contribution >= 4 is 8.56 Å². The lowest BCUT2D eigenvalue weighted by Crippen LogP contribution is -2.35. The van der Waals surface area contributed by atoms with Crippen molar-refractivity contribution in [3.05, 3.63) is 0 Å². The van der Waals surface area contributed by atoms with Gasteiger partial charge in [0.25, 0.3) is 0 Å². The summed E-state index contributed by atoms with van der Waals surface area (Å²) in [4.78, 5) is 0. The van der Waals surface area contributed by atoms with Crippen LogP contribution in [0.2, 0.25) is 12.6 Å². The third-order valence-electron chi connectivity index (χ3n) is 2.10. The average molecular weight is 210 g/mol. The van der Waals surface area contributed by atoms with E-state index in [1.165, 1.54) is 19.3 Å². The predicted molar refractivity (Wildman–Crippen MR) is 60.0 cm³/mol. The van der Waals surface area contributed by atoms with Gasteiger partial charge in [-0.25, -0.2) is 0 Å². The van der Waals surface area contributed by atoms with Crippen LogP contribution in [0.5, 0.6) is 0 Å². The fourth-order valence-electron chi connectivity index (χ4n) is 0.984. The highest BCUT2D eigenvalue weighted by atomic mass is 28.4. The Morgan fingerprint density at radius 2 is 1.46 bits per heavy atom. The molecule has 0 aliphatic rings. The van der Waals surface area contributed by atoms with Crippen LogP contribution in [-0.4, -0.2) is 22.8 Å². The Morgan fingerprint density at radius 3 is 1.77 bits per heavy atom. The summed E-state index contributed by atoms with van der Waals surface area (Å²) in [6.45, 7) is 4.32. The van der Waals surface area contributed by atoms with E-state index in [0.29, 0.717) is 0 Å². The van der Waals surface area contributed by atoms with E-state index in [9.17, 15) is 0 Å². The first kappa shape index (κ1) is 18.8. The van der Waals surface area contributed by atoms with Crippen molar-refractivity contribution in [1.82, 2.24) is 12.3 Å². The Balaban J connectivity index is -0.000000500. The fraction of sp³-hybridized carbons (Fsp3) is 1.00. The van der Waals surface area contributed by atoms with E-state index < -0.39 is 8.56 Å². The molecule has 0 aromatic heterocycles. The molecule has 0 atom stereocenters. The van der Waals surface area contributed by atoms with Crippen LogP contribution in [0.15, 0.2) is 0 Å². The van der Waals surface area contributed by atoms with Gasteiger partial charge in [-0.3, -0.25) is 0 Å². The number of unbranched alkanes of at least 4 members (excludes halogenated alkanes) is 2. The number of hydrogen-bond donors (Lipinski definition) is 2. The van der Waals surface area contributed by atoms with Gasteiger partial charge in [-0.05, 0) is 12.6 Å². The monoisotopic (exact) mass is 210 g/mol. The fourth-order valence-corrected chi connectivity index (χ4v) is 2.45. The van der Waals surface area contributed by atoms with Crippen LogP contribution >= 0.6 is 0 Å². The van der Waals surface area contributed by atoms with Gasteiger partial charge in [0.2, 0.25) is 0 Å². The SMILES string of the molecule is CCCCC[Si](C)(OC)OC.N.N. The summed E-state index contributed by atoms with van der Waals surface area (Å²) >= 11 is 0. The average Bonchev–Trinajstić information content (AvgIpc) is 2.05. The Labute approximate surface area is 83.4 Å². The topological polar surface area (TPSA) is 88.5 Å². The van der Waals surface area contributed by atoms with Crippen LogP contribution in [0.4, 0.5) is 0 Å². The molecular formula is C8H26N2O2Si. The molecule has 13 heavy (non-hydrogen) atoms. The molecule has 0 spiro atoms. The normalized spacial score (nSPS) is 10.2. The van der Waals surface area contributed by atoms with Crippen molar-refractivity contribution in [1.29, 1.82) is 0 Å². The van der Waals surface area contributed by atoms with Crippen LogP contribution in [0, 0.1) is 0 Å². The summed E-state index contributed by atoms with van der Waals surface area (Å²) < 4.78 is 10.7. The molecule has 0 aromatic carbocycles. The van der Waals surface area contributed by atoms with Gasteiger partial charge in [-0.1, -0.05) is 26.2 Å². The first-order valence-corrected chi connectivity index (χ1v) is 6.81. The minimum absolute atomic E-state index is 0. The lowest BCUT2D eigenvalue weighted by molar-refractivity contribution is 0.248. The maximum Gasteiger partial charge on any atom is 0.334 e. The van der Waals surface area contributed by atoms with Gasteiger partial charge in [0.05, 0.1) is 0 Å². The largest absolute Gasteiger partial charge is 0.398 e. The summed E-state index contributed by atoms with van der Waals surface area (Å²) in [7, 11) is 1.77. The summed E-state index contributed by atoms with van der Waals surface area (Å²) in [5.74, 6) is 0.